The molecular formula is C11H11F3N4O. The number of benzene rings is 1. The minimum atomic E-state index is -4.77. The maximum Gasteiger partial charge on any atom is 0.573 e. The molecule has 0 saturated carbocycles. The average molecular weight is 272 g/mol. The Morgan fingerprint density at radius 2 is 2.05 bits per heavy atom. The van der Waals surface area contributed by atoms with Crippen molar-refractivity contribution in [2.24, 2.45) is 5.84 Å². The third kappa shape index (κ3) is 3.24. The van der Waals surface area contributed by atoms with Crippen molar-refractivity contribution in [2.45, 2.75) is 12.4 Å². The number of ether oxygens (including phenoxy) is 1. The van der Waals surface area contributed by atoms with Crippen LogP contribution >= 0.6 is 0 Å². The molecule has 0 saturated heterocycles. The topological polar surface area (TPSA) is 76.0 Å². The van der Waals surface area contributed by atoms with Crippen LogP contribution in [0, 0.1) is 0 Å². The van der Waals surface area contributed by atoms with E-state index >= 15 is 0 Å². The SMILES string of the molecule is NNC(c1ncc[nH]1)c1ccccc1OC(F)(F)F. The lowest BCUT2D eigenvalue weighted by molar-refractivity contribution is -0.275. The van der Waals surface area contributed by atoms with Crippen LogP contribution in [0.4, 0.5) is 13.2 Å². The lowest BCUT2D eigenvalue weighted by atomic mass is 10.1. The average Bonchev–Trinajstić information content (AvgIpc) is 2.84. The number of hydrazine groups is 1. The van der Waals surface area contributed by atoms with Crippen molar-refractivity contribution in [3.63, 3.8) is 0 Å². The molecule has 0 bridgehead atoms. The Kier molecular flexibility index (Phi) is 3.72. The summed E-state index contributed by atoms with van der Waals surface area (Å²) in [5.41, 5.74) is 2.64. The first-order chi connectivity index (χ1) is 9.01. The van der Waals surface area contributed by atoms with E-state index in [1.165, 1.54) is 24.4 Å². The minimum Gasteiger partial charge on any atom is -0.405 e. The van der Waals surface area contributed by atoms with Crippen LogP contribution in [0.5, 0.6) is 5.75 Å². The largest absolute Gasteiger partial charge is 0.573 e. The molecule has 19 heavy (non-hydrogen) atoms. The van der Waals surface area contributed by atoms with E-state index in [0.717, 1.165) is 0 Å². The molecule has 1 aromatic carbocycles. The number of H-pyrrole nitrogens is 1. The van der Waals surface area contributed by atoms with Gasteiger partial charge in [-0.3, -0.25) is 5.84 Å². The Labute approximate surface area is 106 Å². The van der Waals surface area contributed by atoms with E-state index in [1.54, 1.807) is 12.3 Å². The van der Waals surface area contributed by atoms with Crippen LogP contribution in [0.25, 0.3) is 0 Å². The van der Waals surface area contributed by atoms with Gasteiger partial charge in [0.15, 0.2) is 0 Å². The maximum absolute atomic E-state index is 12.3. The highest BCUT2D eigenvalue weighted by Gasteiger charge is 2.33. The van der Waals surface area contributed by atoms with E-state index in [2.05, 4.69) is 20.1 Å². The smallest absolute Gasteiger partial charge is 0.405 e. The van der Waals surface area contributed by atoms with Crippen molar-refractivity contribution < 1.29 is 17.9 Å². The molecule has 0 fully saturated rings. The third-order valence-electron chi connectivity index (χ3n) is 2.42. The number of halogens is 3. The number of aromatic nitrogens is 2. The fraction of sp³-hybridized carbons (Fsp3) is 0.182. The van der Waals surface area contributed by atoms with E-state index in [9.17, 15) is 13.2 Å². The second kappa shape index (κ2) is 5.29. The Bertz CT molecular complexity index is 527. The molecule has 0 spiro atoms. The van der Waals surface area contributed by atoms with E-state index in [1.807, 2.05) is 0 Å². The van der Waals surface area contributed by atoms with Crippen LogP contribution in [0.3, 0.4) is 0 Å². The molecule has 1 aromatic heterocycles. The van der Waals surface area contributed by atoms with Gasteiger partial charge in [0.05, 0.1) is 0 Å². The number of nitrogens with one attached hydrogen (secondary N) is 2. The van der Waals surface area contributed by atoms with E-state index in [4.69, 9.17) is 5.84 Å². The lowest BCUT2D eigenvalue weighted by Crippen LogP contribution is -2.30. The number of alkyl halides is 3. The monoisotopic (exact) mass is 272 g/mol. The normalized spacial score (nSPS) is 13.3. The van der Waals surface area contributed by atoms with Crippen molar-refractivity contribution in [3.05, 3.63) is 48.0 Å². The van der Waals surface area contributed by atoms with Gasteiger partial charge in [0.2, 0.25) is 0 Å². The molecule has 0 aliphatic rings. The van der Waals surface area contributed by atoms with Gasteiger partial charge < -0.3 is 9.72 Å². The number of rotatable bonds is 4. The standard InChI is InChI=1S/C11H11F3N4O/c12-11(13,14)19-8-4-2-1-3-7(8)9(18-15)10-16-5-6-17-10/h1-6,9,18H,15H2,(H,16,17). The van der Waals surface area contributed by atoms with Crippen LogP contribution in [-0.2, 0) is 0 Å². The van der Waals surface area contributed by atoms with Crippen molar-refractivity contribution in [1.29, 1.82) is 0 Å². The highest BCUT2D eigenvalue weighted by atomic mass is 19.4. The summed E-state index contributed by atoms with van der Waals surface area (Å²) < 4.78 is 41.0. The van der Waals surface area contributed by atoms with Crippen molar-refractivity contribution >= 4 is 0 Å². The number of hydrogen-bond acceptors (Lipinski definition) is 4. The molecule has 2 aromatic rings. The molecule has 4 N–H and O–H groups in total. The summed E-state index contributed by atoms with van der Waals surface area (Å²) in [5, 5.41) is 0. The molecule has 1 unspecified atom stereocenters. The predicted octanol–water partition coefficient (Wildman–Crippen LogP) is 1.86. The summed E-state index contributed by atoms with van der Waals surface area (Å²) >= 11 is 0. The first-order valence-corrected chi connectivity index (χ1v) is 5.31. The van der Waals surface area contributed by atoms with Gasteiger partial charge in [-0.05, 0) is 6.07 Å². The lowest BCUT2D eigenvalue weighted by Gasteiger charge is -2.18. The van der Waals surface area contributed by atoms with Crippen LogP contribution in [0.1, 0.15) is 17.4 Å². The summed E-state index contributed by atoms with van der Waals surface area (Å²) in [6, 6.07) is 5.00. The molecule has 1 heterocycles. The van der Waals surface area contributed by atoms with Crippen LogP contribution in [0.2, 0.25) is 0 Å². The van der Waals surface area contributed by atoms with Gasteiger partial charge in [-0.1, -0.05) is 18.2 Å². The van der Waals surface area contributed by atoms with Crippen LogP contribution in [0.15, 0.2) is 36.7 Å². The molecule has 1 atom stereocenters. The van der Waals surface area contributed by atoms with E-state index in [-0.39, 0.29) is 11.3 Å². The van der Waals surface area contributed by atoms with Crippen LogP contribution < -0.4 is 16.0 Å². The third-order valence-corrected chi connectivity index (χ3v) is 2.42. The zero-order chi connectivity index (χ0) is 13.9. The molecule has 0 aliphatic heterocycles. The Morgan fingerprint density at radius 1 is 1.32 bits per heavy atom. The first kappa shape index (κ1) is 13.4. The van der Waals surface area contributed by atoms with Gasteiger partial charge in [-0.2, -0.15) is 0 Å². The molecule has 5 nitrogen and oxygen atoms in total. The molecule has 0 amide bonds. The second-order valence-electron chi connectivity index (χ2n) is 3.66. The summed E-state index contributed by atoms with van der Waals surface area (Å²) in [6.07, 6.45) is -1.74. The number of hydrogen-bond donors (Lipinski definition) is 3. The quantitative estimate of drug-likeness (QED) is 0.586. The minimum absolute atomic E-state index is 0.234. The Hall–Kier alpha value is -2.06. The highest BCUT2D eigenvalue weighted by molar-refractivity contribution is 5.38. The molecular weight excluding hydrogens is 261 g/mol. The maximum atomic E-state index is 12.3. The Morgan fingerprint density at radius 3 is 2.63 bits per heavy atom. The van der Waals surface area contributed by atoms with Gasteiger partial charge in [0, 0.05) is 18.0 Å². The molecule has 2 rings (SSSR count). The van der Waals surface area contributed by atoms with Crippen molar-refractivity contribution in [3.8, 4) is 5.75 Å². The fourth-order valence-corrected chi connectivity index (χ4v) is 1.69. The van der Waals surface area contributed by atoms with E-state index < -0.39 is 12.4 Å². The zero-order valence-corrected chi connectivity index (χ0v) is 9.61. The number of nitrogens with zero attached hydrogens (tertiary/aromatic N) is 1. The number of imidazole rings is 1. The van der Waals surface area contributed by atoms with Gasteiger partial charge in [-0.25, -0.2) is 10.4 Å². The number of nitrogens with two attached hydrogens (primary N) is 1. The summed E-state index contributed by atoms with van der Waals surface area (Å²) in [6.45, 7) is 0. The fourth-order valence-electron chi connectivity index (χ4n) is 1.69. The van der Waals surface area contributed by atoms with Gasteiger partial charge >= 0.3 is 6.36 Å². The van der Waals surface area contributed by atoms with Gasteiger partial charge in [0.1, 0.15) is 17.6 Å². The molecule has 102 valence electrons. The summed E-state index contributed by atoms with van der Waals surface area (Å²) in [5.74, 6) is 5.45. The van der Waals surface area contributed by atoms with Crippen molar-refractivity contribution in [1.82, 2.24) is 15.4 Å². The Balaban J connectivity index is 2.38. The van der Waals surface area contributed by atoms with Crippen molar-refractivity contribution in [2.75, 3.05) is 0 Å². The number of aromatic amines is 1. The predicted molar refractivity (Wildman–Crippen MR) is 60.9 cm³/mol. The van der Waals surface area contributed by atoms with Crippen LogP contribution in [-0.4, -0.2) is 16.3 Å². The van der Waals surface area contributed by atoms with E-state index in [0.29, 0.717) is 5.82 Å². The molecule has 0 radical (unpaired) electrons. The number of para-hydroxylation sites is 1. The zero-order valence-electron chi connectivity index (χ0n) is 9.61. The van der Waals surface area contributed by atoms with Gasteiger partial charge in [-0.15, -0.1) is 13.2 Å². The summed E-state index contributed by atoms with van der Waals surface area (Å²) in [7, 11) is 0. The second-order valence-corrected chi connectivity index (χ2v) is 3.66. The first-order valence-electron chi connectivity index (χ1n) is 5.31. The molecule has 0 aliphatic carbocycles. The highest BCUT2D eigenvalue weighted by Crippen LogP contribution is 2.31. The van der Waals surface area contributed by atoms with Gasteiger partial charge in [0.25, 0.3) is 0 Å². The molecule has 8 heteroatoms. The summed E-state index contributed by atoms with van der Waals surface area (Å²) in [4.78, 5) is 6.75.